The van der Waals surface area contributed by atoms with Crippen LogP contribution in [0.15, 0.2) is 35.7 Å². The molecular weight excluding hydrogens is 281 g/mol. The molecule has 0 amide bonds. The van der Waals surface area contributed by atoms with Gasteiger partial charge in [0, 0.05) is 11.8 Å². The van der Waals surface area contributed by atoms with Gasteiger partial charge in [0.15, 0.2) is 5.03 Å². The predicted octanol–water partition coefficient (Wildman–Crippen LogP) is 1.37. The Balaban J connectivity index is 2.30. The molecule has 0 aliphatic carbocycles. The second-order valence-electron chi connectivity index (χ2n) is 3.64. The first-order valence-electron chi connectivity index (χ1n) is 4.85. The van der Waals surface area contributed by atoms with Crippen molar-refractivity contribution in [2.45, 2.75) is 11.6 Å². The summed E-state index contributed by atoms with van der Waals surface area (Å²) in [5.41, 5.74) is 0.334. The average Bonchev–Trinajstić information content (AvgIpc) is 2.73. The molecule has 0 bridgehead atoms. The van der Waals surface area contributed by atoms with Gasteiger partial charge in [-0.3, -0.25) is 0 Å². The lowest BCUT2D eigenvalue weighted by Crippen LogP contribution is -2.12. The molecule has 0 spiro atoms. The minimum atomic E-state index is -3.84. The van der Waals surface area contributed by atoms with Crippen molar-refractivity contribution in [2.24, 2.45) is 5.14 Å². The van der Waals surface area contributed by atoms with E-state index in [1.807, 2.05) is 0 Å². The number of sulfonamides is 1. The van der Waals surface area contributed by atoms with E-state index < -0.39 is 15.8 Å². The third-order valence-electron chi connectivity index (χ3n) is 2.29. The van der Waals surface area contributed by atoms with Crippen LogP contribution in [0.25, 0.3) is 0 Å². The minimum absolute atomic E-state index is 0.0132. The van der Waals surface area contributed by atoms with E-state index in [2.05, 4.69) is 4.98 Å². The lowest BCUT2D eigenvalue weighted by molar-refractivity contribution is 0.594. The monoisotopic (exact) mass is 289 g/mol. The number of hydrogen-bond donors (Lipinski definition) is 1. The van der Waals surface area contributed by atoms with E-state index in [4.69, 9.17) is 16.7 Å². The first-order chi connectivity index (χ1) is 8.38. The van der Waals surface area contributed by atoms with Crippen molar-refractivity contribution in [2.75, 3.05) is 0 Å². The maximum absolute atomic E-state index is 13.6. The maximum atomic E-state index is 13.6. The van der Waals surface area contributed by atoms with Crippen molar-refractivity contribution in [3.63, 3.8) is 0 Å². The van der Waals surface area contributed by atoms with Gasteiger partial charge >= 0.3 is 0 Å². The van der Waals surface area contributed by atoms with Crippen LogP contribution in [-0.2, 0) is 16.6 Å². The highest BCUT2D eigenvalue weighted by molar-refractivity contribution is 7.89. The molecule has 0 fully saturated rings. The van der Waals surface area contributed by atoms with E-state index in [1.54, 1.807) is 12.1 Å². The van der Waals surface area contributed by atoms with E-state index in [0.717, 1.165) is 0 Å². The number of nitrogens with two attached hydrogens (primary N) is 1. The standard InChI is InChI=1S/C10H9ClFN3O2S/c11-8-3-1-2-7(10(8)12)4-15-5-9(14-6-15)18(13,16)17/h1-3,5-6H,4H2,(H2,13,16,17). The van der Waals surface area contributed by atoms with Crippen LogP contribution in [0.1, 0.15) is 5.56 Å². The van der Waals surface area contributed by atoms with Crippen LogP contribution < -0.4 is 5.14 Å². The molecule has 2 aromatic rings. The number of halogens is 2. The summed E-state index contributed by atoms with van der Waals surface area (Å²) >= 11 is 5.64. The number of aromatic nitrogens is 2. The Kier molecular flexibility index (Phi) is 3.38. The van der Waals surface area contributed by atoms with Crippen molar-refractivity contribution >= 4 is 21.6 Å². The zero-order valence-corrected chi connectivity index (χ0v) is 10.6. The smallest absolute Gasteiger partial charge is 0.257 e. The third kappa shape index (κ3) is 2.69. The van der Waals surface area contributed by atoms with E-state index >= 15 is 0 Å². The lowest BCUT2D eigenvalue weighted by atomic mass is 10.2. The SMILES string of the molecule is NS(=O)(=O)c1cn(Cc2cccc(Cl)c2F)cn1. The molecule has 2 rings (SSSR count). The number of imidazole rings is 1. The maximum Gasteiger partial charge on any atom is 0.257 e. The summed E-state index contributed by atoms with van der Waals surface area (Å²) in [6, 6.07) is 4.60. The Bertz CT molecular complexity index is 684. The van der Waals surface area contributed by atoms with E-state index in [-0.39, 0.29) is 16.6 Å². The Hall–Kier alpha value is -1.44. The van der Waals surface area contributed by atoms with Gasteiger partial charge in [0.2, 0.25) is 0 Å². The van der Waals surface area contributed by atoms with Crippen LogP contribution in [0.3, 0.4) is 0 Å². The number of primary sulfonamides is 1. The Labute approximate surface area is 108 Å². The van der Waals surface area contributed by atoms with E-state index in [1.165, 1.54) is 23.2 Å². The second kappa shape index (κ2) is 4.68. The molecule has 0 saturated heterocycles. The summed E-state index contributed by atoms with van der Waals surface area (Å²) in [5.74, 6) is -0.537. The van der Waals surface area contributed by atoms with Crippen molar-refractivity contribution in [3.8, 4) is 0 Å². The largest absolute Gasteiger partial charge is 0.332 e. The second-order valence-corrected chi connectivity index (χ2v) is 5.56. The molecule has 1 heterocycles. The molecule has 8 heteroatoms. The average molecular weight is 290 g/mol. The summed E-state index contributed by atoms with van der Waals surface area (Å²) in [4.78, 5) is 3.63. The Morgan fingerprint density at radius 1 is 1.44 bits per heavy atom. The fraction of sp³-hybridized carbons (Fsp3) is 0.100. The zero-order valence-electron chi connectivity index (χ0n) is 9.05. The molecule has 0 aliphatic rings. The molecule has 0 radical (unpaired) electrons. The molecule has 0 atom stereocenters. The fourth-order valence-electron chi connectivity index (χ4n) is 1.44. The van der Waals surface area contributed by atoms with E-state index in [9.17, 15) is 12.8 Å². The summed E-state index contributed by atoms with van der Waals surface area (Å²) in [5, 5.41) is 4.67. The van der Waals surface area contributed by atoms with Gasteiger partial charge in [-0.1, -0.05) is 23.7 Å². The van der Waals surface area contributed by atoms with Crippen LogP contribution in [0.2, 0.25) is 5.02 Å². The summed E-state index contributed by atoms with van der Waals surface area (Å²) < 4.78 is 37.1. The summed E-state index contributed by atoms with van der Waals surface area (Å²) in [6.07, 6.45) is 2.50. The highest BCUT2D eigenvalue weighted by Gasteiger charge is 2.12. The van der Waals surface area contributed by atoms with Crippen molar-refractivity contribution in [3.05, 3.63) is 47.1 Å². The topological polar surface area (TPSA) is 78.0 Å². The van der Waals surface area contributed by atoms with E-state index in [0.29, 0.717) is 5.56 Å². The van der Waals surface area contributed by atoms with Crippen LogP contribution >= 0.6 is 11.6 Å². The first-order valence-corrected chi connectivity index (χ1v) is 6.78. The van der Waals surface area contributed by atoms with Gasteiger partial charge in [-0.25, -0.2) is 22.9 Å². The first kappa shape index (κ1) is 13.0. The number of rotatable bonds is 3. The van der Waals surface area contributed by atoms with Crippen molar-refractivity contribution in [1.29, 1.82) is 0 Å². The van der Waals surface area contributed by atoms with Crippen LogP contribution in [0.4, 0.5) is 4.39 Å². The highest BCUT2D eigenvalue weighted by Crippen LogP contribution is 2.18. The van der Waals surface area contributed by atoms with Gasteiger partial charge in [-0.05, 0) is 6.07 Å². The minimum Gasteiger partial charge on any atom is -0.332 e. The molecule has 0 aliphatic heterocycles. The molecule has 2 N–H and O–H groups in total. The van der Waals surface area contributed by atoms with Crippen molar-refractivity contribution in [1.82, 2.24) is 9.55 Å². The molecule has 1 aromatic heterocycles. The fourth-order valence-corrected chi connectivity index (χ4v) is 2.11. The molecule has 96 valence electrons. The zero-order chi connectivity index (χ0) is 13.3. The van der Waals surface area contributed by atoms with Crippen LogP contribution in [0.5, 0.6) is 0 Å². The lowest BCUT2D eigenvalue weighted by Gasteiger charge is -2.04. The molecule has 0 unspecified atom stereocenters. The number of nitrogens with zero attached hydrogens (tertiary/aromatic N) is 2. The Morgan fingerprint density at radius 3 is 2.78 bits per heavy atom. The number of benzene rings is 1. The summed E-state index contributed by atoms with van der Waals surface area (Å²) in [7, 11) is -3.84. The predicted molar refractivity (Wildman–Crippen MR) is 64.1 cm³/mol. The number of hydrogen-bond acceptors (Lipinski definition) is 3. The van der Waals surface area contributed by atoms with Crippen LogP contribution in [0, 0.1) is 5.82 Å². The van der Waals surface area contributed by atoms with Crippen LogP contribution in [-0.4, -0.2) is 18.0 Å². The molecule has 1 aromatic carbocycles. The van der Waals surface area contributed by atoms with Gasteiger partial charge in [-0.15, -0.1) is 0 Å². The van der Waals surface area contributed by atoms with Crippen molar-refractivity contribution < 1.29 is 12.8 Å². The molecule has 18 heavy (non-hydrogen) atoms. The Morgan fingerprint density at radius 2 is 2.17 bits per heavy atom. The normalized spacial score (nSPS) is 11.7. The summed E-state index contributed by atoms with van der Waals surface area (Å²) in [6.45, 7) is 0.120. The highest BCUT2D eigenvalue weighted by atomic mass is 35.5. The van der Waals surface area contributed by atoms with Gasteiger partial charge < -0.3 is 4.57 Å². The molecule has 5 nitrogen and oxygen atoms in total. The van der Waals surface area contributed by atoms with Gasteiger partial charge in [0.25, 0.3) is 10.0 Å². The quantitative estimate of drug-likeness (QED) is 0.927. The van der Waals surface area contributed by atoms with Gasteiger partial charge in [0.05, 0.1) is 17.9 Å². The van der Waals surface area contributed by atoms with Gasteiger partial charge in [0.1, 0.15) is 5.82 Å². The molecular formula is C10H9ClFN3O2S. The van der Waals surface area contributed by atoms with Gasteiger partial charge in [-0.2, -0.15) is 0 Å². The third-order valence-corrected chi connectivity index (χ3v) is 3.37. The molecule has 0 saturated carbocycles.